The largest absolute Gasteiger partial charge is 0.394 e. The standard InChI is InChI=1S/C43H78BrNO9S/c1-3-4-5-6-7-8-9-10-11-14-17-20-23-29(47)37(48)28(27-53-41-40(51)39(50)38(49)30(26-46)54-41)45-55(2,52)25-22-19-16-13-12-15-18-21-24-42-31-34-32(42)36-33(42)35(31)43(34,36)44/h28-41,46-51,55H,3-27H2,1-2H3,(H,45,52)/t28-,29+,30?,31?,32?,33?,34?,35?,36?,37-,38?,39?,40?,41?,42?,43?/m0/s1. The number of hydrogen-bond donors (Lipinski definition) is 8. The van der Waals surface area contributed by atoms with E-state index in [1.54, 1.807) is 6.26 Å². The lowest BCUT2D eigenvalue weighted by Crippen LogP contribution is -3.11. The lowest BCUT2D eigenvalue weighted by atomic mass is 8.96. The molecule has 12 heteroatoms. The number of aliphatic hydroxyl groups is 6. The number of hydrogen-bond acceptors (Lipinski definition) is 9. The first-order valence-electron chi connectivity index (χ1n) is 22.8. The summed E-state index contributed by atoms with van der Waals surface area (Å²) in [6, 6.07) is -0.927. The van der Waals surface area contributed by atoms with E-state index in [1.807, 2.05) is 0 Å². The summed E-state index contributed by atoms with van der Waals surface area (Å²) in [7, 11) is -2.95. The van der Waals surface area contributed by atoms with Crippen LogP contribution < -0.4 is 4.72 Å². The number of rotatable bonds is 32. The summed E-state index contributed by atoms with van der Waals surface area (Å²) < 4.78 is 28.8. The quantitative estimate of drug-likeness (QED) is 0.0246. The summed E-state index contributed by atoms with van der Waals surface area (Å²) >= 11 is 4.08. The van der Waals surface area contributed by atoms with Gasteiger partial charge in [-0.25, -0.2) is 0 Å². The third-order valence-corrected chi connectivity index (χ3v) is 19.2. The molecule has 0 spiro atoms. The molecule has 0 bridgehead atoms. The molecule has 8 atom stereocenters. The van der Waals surface area contributed by atoms with Crippen molar-refractivity contribution in [3.8, 4) is 0 Å². The van der Waals surface area contributed by atoms with Crippen molar-refractivity contribution >= 4 is 26.0 Å². The van der Waals surface area contributed by atoms with Crippen LogP contribution >= 0.6 is 15.9 Å². The number of alkyl halides is 1. The highest BCUT2D eigenvalue weighted by Crippen LogP contribution is 3.09. The Morgan fingerprint density at radius 1 is 0.709 bits per heavy atom. The molecule has 10 nitrogen and oxygen atoms in total. The van der Waals surface area contributed by atoms with Crippen LogP contribution in [0.5, 0.6) is 0 Å². The molecule has 0 radical (unpaired) electrons. The first-order valence-corrected chi connectivity index (χ1v) is 25.9. The molecule has 7 fully saturated rings. The van der Waals surface area contributed by atoms with Crippen molar-refractivity contribution in [2.45, 2.75) is 201 Å². The molecule has 7 aliphatic rings. The fraction of sp³-hybridized carbons (Fsp3) is 1.00. The van der Waals surface area contributed by atoms with E-state index in [2.05, 4.69) is 27.6 Å². The van der Waals surface area contributed by atoms with Crippen LogP contribution in [0.3, 0.4) is 0 Å². The van der Waals surface area contributed by atoms with E-state index >= 15 is 0 Å². The Balaban J connectivity index is 0.853. The summed E-state index contributed by atoms with van der Waals surface area (Å²) in [5, 5.41) is 62.8. The molecule has 0 amide bonds. The maximum Gasteiger partial charge on any atom is 0.186 e. The average molecular weight is 865 g/mol. The number of thiol groups is 1. The molecular formula is C43H78BrNO9S. The van der Waals surface area contributed by atoms with Gasteiger partial charge >= 0.3 is 0 Å². The molecule has 1 saturated heterocycles. The van der Waals surface area contributed by atoms with Gasteiger partial charge in [-0.05, 0) is 60.2 Å². The van der Waals surface area contributed by atoms with Crippen LogP contribution in [0.15, 0.2) is 0 Å². The molecule has 1 aliphatic heterocycles. The van der Waals surface area contributed by atoms with Crippen LogP contribution in [0, 0.1) is 40.9 Å². The van der Waals surface area contributed by atoms with Gasteiger partial charge in [-0.1, -0.05) is 155 Å². The Morgan fingerprint density at radius 2 is 1.20 bits per heavy atom. The Bertz CT molecular complexity index is 1190. The van der Waals surface area contributed by atoms with Crippen LogP contribution in [-0.4, -0.2) is 113 Å². The molecule has 6 saturated carbocycles. The van der Waals surface area contributed by atoms with E-state index in [-0.39, 0.29) is 6.61 Å². The lowest BCUT2D eigenvalue weighted by Gasteiger charge is -3.11. The zero-order chi connectivity index (χ0) is 39.4. The fourth-order valence-electron chi connectivity index (χ4n) is 12.7. The molecule has 0 aromatic heterocycles. The Labute approximate surface area is 341 Å². The highest BCUT2D eigenvalue weighted by atomic mass is 79.9. The van der Waals surface area contributed by atoms with Crippen LogP contribution in [0.4, 0.5) is 0 Å². The first-order chi connectivity index (χ1) is 26.5. The predicted molar refractivity (Wildman–Crippen MR) is 221 cm³/mol. The minimum atomic E-state index is -2.95. The van der Waals surface area contributed by atoms with Gasteiger partial charge in [0, 0.05) is 16.3 Å². The van der Waals surface area contributed by atoms with Crippen molar-refractivity contribution < 1.29 is 44.3 Å². The third-order valence-electron chi connectivity index (χ3n) is 15.5. The van der Waals surface area contributed by atoms with Gasteiger partial charge in [-0.3, -0.25) is 8.93 Å². The average Bonchev–Trinajstić information content (AvgIpc) is 3.17. The second-order valence-electron chi connectivity index (χ2n) is 19.0. The maximum atomic E-state index is 13.8. The molecular weight excluding hydrogens is 786 g/mol. The van der Waals surface area contributed by atoms with Crippen LogP contribution in [0.25, 0.3) is 0 Å². The number of ether oxygens (including phenoxy) is 2. The van der Waals surface area contributed by atoms with E-state index in [0.29, 0.717) is 16.5 Å². The van der Waals surface area contributed by atoms with E-state index in [9.17, 15) is 34.8 Å². The number of nitrogens with one attached hydrogen (secondary N) is 1. The van der Waals surface area contributed by atoms with Gasteiger partial charge in [-0.2, -0.15) is 0 Å². The molecule has 1 heterocycles. The molecule has 5 unspecified atom stereocenters. The molecule has 322 valence electrons. The SMILES string of the molecule is CCCCCCCCCCCCCC[C@@H](O)[C@@H](O)[C@H](COC1OC(CO)C(O)C(O)C1O)N[SH](C)(=O)CCCCCCCCCCC12C3C4C1C1C2C3C41Br. The molecule has 0 aromatic carbocycles. The highest BCUT2D eigenvalue weighted by Gasteiger charge is 3.08. The summed E-state index contributed by atoms with van der Waals surface area (Å²) in [6.45, 7) is 1.39. The lowest BCUT2D eigenvalue weighted by molar-refractivity contribution is -0.595. The number of unbranched alkanes of at least 4 members (excludes halogenated alkanes) is 18. The molecule has 7 rings (SSSR count). The summed E-state index contributed by atoms with van der Waals surface area (Å²) in [4.78, 5) is 0. The van der Waals surface area contributed by atoms with Crippen LogP contribution in [-0.2, 0) is 19.6 Å². The van der Waals surface area contributed by atoms with Crippen LogP contribution in [0.1, 0.15) is 148 Å². The Morgan fingerprint density at radius 3 is 1.73 bits per heavy atom. The van der Waals surface area contributed by atoms with Gasteiger partial charge in [0.1, 0.15) is 24.4 Å². The minimum Gasteiger partial charge on any atom is -0.394 e. The summed E-state index contributed by atoms with van der Waals surface area (Å²) in [5.41, 5.74) is 0.809. The zero-order valence-electron chi connectivity index (χ0n) is 34.0. The normalized spacial score (nSPS) is 39.5. The van der Waals surface area contributed by atoms with Crippen molar-refractivity contribution in [1.82, 2.24) is 4.72 Å². The second-order valence-corrected chi connectivity index (χ2v) is 23.3. The summed E-state index contributed by atoms with van der Waals surface area (Å²) in [6.07, 6.45) is 17.8. The first kappa shape index (κ1) is 44.8. The zero-order valence-corrected chi connectivity index (χ0v) is 36.5. The van der Waals surface area contributed by atoms with Crippen molar-refractivity contribution in [2.75, 3.05) is 25.2 Å². The van der Waals surface area contributed by atoms with E-state index in [4.69, 9.17) is 9.47 Å². The van der Waals surface area contributed by atoms with Gasteiger partial charge in [0.2, 0.25) is 0 Å². The molecule has 6 aliphatic carbocycles. The van der Waals surface area contributed by atoms with Crippen molar-refractivity contribution in [2.24, 2.45) is 40.9 Å². The van der Waals surface area contributed by atoms with E-state index in [0.717, 1.165) is 79.4 Å². The van der Waals surface area contributed by atoms with Crippen LogP contribution in [0.2, 0.25) is 0 Å². The van der Waals surface area contributed by atoms with E-state index < -0.39 is 65.7 Å². The van der Waals surface area contributed by atoms with Crippen molar-refractivity contribution in [3.63, 3.8) is 0 Å². The monoisotopic (exact) mass is 863 g/mol. The fourth-order valence-corrected chi connectivity index (χ4v) is 16.3. The predicted octanol–water partition coefficient (Wildman–Crippen LogP) is 5.53. The van der Waals surface area contributed by atoms with E-state index in [1.165, 1.54) is 96.3 Å². The molecule has 0 aromatic rings. The number of halogens is 1. The summed E-state index contributed by atoms with van der Waals surface area (Å²) in [5.74, 6) is 6.91. The molecule has 7 N–H and O–H groups in total. The molecule has 55 heavy (non-hydrogen) atoms. The van der Waals surface area contributed by atoms with Gasteiger partial charge in [-0.15, -0.1) is 0 Å². The maximum absolute atomic E-state index is 13.8. The highest BCUT2D eigenvalue weighted by molar-refractivity contribution is 9.10. The van der Waals surface area contributed by atoms with Crippen molar-refractivity contribution in [3.05, 3.63) is 0 Å². The van der Waals surface area contributed by atoms with Gasteiger partial charge < -0.3 is 40.1 Å². The topological polar surface area (TPSA) is 169 Å². The second kappa shape index (κ2) is 19.8. The number of aliphatic hydroxyl groups excluding tert-OH is 6. The Kier molecular flexibility index (Phi) is 16.1. The smallest absolute Gasteiger partial charge is 0.186 e. The Hall–Kier alpha value is 0.270. The minimum absolute atomic E-state index is 0.265. The van der Waals surface area contributed by atoms with Gasteiger partial charge in [0.05, 0.1) is 31.5 Å². The van der Waals surface area contributed by atoms with Crippen molar-refractivity contribution in [1.29, 1.82) is 0 Å². The third kappa shape index (κ3) is 8.87. The van der Waals surface area contributed by atoms with Gasteiger partial charge in [0.25, 0.3) is 0 Å². The van der Waals surface area contributed by atoms with Gasteiger partial charge in [0.15, 0.2) is 6.29 Å².